The molecule has 0 saturated carbocycles. The maximum Gasteiger partial charge on any atom is 0.302 e. The van der Waals surface area contributed by atoms with Gasteiger partial charge in [-0.1, -0.05) is 37.3 Å². The highest BCUT2D eigenvalue weighted by molar-refractivity contribution is 6.51. The van der Waals surface area contributed by atoms with E-state index < -0.39 is 17.7 Å². The van der Waals surface area contributed by atoms with Crippen molar-refractivity contribution >= 4 is 34.4 Å². The smallest absolute Gasteiger partial charge is 0.302 e. The van der Waals surface area contributed by atoms with E-state index >= 15 is 0 Å². The zero-order valence-electron chi connectivity index (χ0n) is 18.5. The molecule has 4 aromatic rings. The SMILES string of the molecule is CCc1ccc(/C(O)=C2\C(=O)C(=O)N(c3nc4ccc(C)cc4[nH]3)C2c2ccc(C)o2)cc1. The van der Waals surface area contributed by atoms with Gasteiger partial charge in [0.25, 0.3) is 5.78 Å². The summed E-state index contributed by atoms with van der Waals surface area (Å²) in [5.41, 5.74) is 3.98. The number of rotatable bonds is 4. The van der Waals surface area contributed by atoms with Crippen molar-refractivity contribution in [3.8, 4) is 0 Å². The molecule has 1 amide bonds. The van der Waals surface area contributed by atoms with Crippen LogP contribution in [0.4, 0.5) is 5.95 Å². The molecule has 1 atom stereocenters. The standard InChI is InChI=1S/C26H23N3O4/c1-4-16-7-9-17(10-8-16)23(30)21-22(20-12-6-15(3)33-20)29(25(32)24(21)31)26-27-18-11-5-14(2)13-19(18)28-26/h5-13,22,30H,4H2,1-3H3,(H,27,28)/b23-21+. The van der Waals surface area contributed by atoms with E-state index in [0.29, 0.717) is 22.6 Å². The lowest BCUT2D eigenvalue weighted by molar-refractivity contribution is -0.132. The first-order valence-electron chi connectivity index (χ1n) is 10.8. The molecule has 7 heteroatoms. The summed E-state index contributed by atoms with van der Waals surface area (Å²) < 4.78 is 5.83. The molecule has 0 bridgehead atoms. The molecular formula is C26H23N3O4. The molecule has 2 N–H and O–H groups in total. The largest absolute Gasteiger partial charge is 0.507 e. The Morgan fingerprint density at radius 1 is 1.09 bits per heavy atom. The van der Waals surface area contributed by atoms with Gasteiger partial charge < -0.3 is 14.5 Å². The van der Waals surface area contributed by atoms with E-state index in [1.54, 1.807) is 31.2 Å². The second kappa shape index (κ2) is 7.78. The van der Waals surface area contributed by atoms with E-state index in [2.05, 4.69) is 9.97 Å². The molecule has 3 heterocycles. The number of amides is 1. The number of aliphatic hydroxyl groups excluding tert-OH is 1. The number of anilines is 1. The molecule has 33 heavy (non-hydrogen) atoms. The van der Waals surface area contributed by atoms with E-state index in [4.69, 9.17) is 4.42 Å². The summed E-state index contributed by atoms with van der Waals surface area (Å²) in [5.74, 6) is -0.598. The molecule has 1 aliphatic heterocycles. The number of imidazole rings is 1. The van der Waals surface area contributed by atoms with Crippen LogP contribution in [0.2, 0.25) is 0 Å². The van der Waals surface area contributed by atoms with Gasteiger partial charge in [0, 0.05) is 5.56 Å². The summed E-state index contributed by atoms with van der Waals surface area (Å²) in [6.45, 7) is 5.78. The van der Waals surface area contributed by atoms with E-state index in [9.17, 15) is 14.7 Å². The van der Waals surface area contributed by atoms with Gasteiger partial charge in [-0.05, 0) is 55.7 Å². The maximum absolute atomic E-state index is 13.2. The molecule has 2 aromatic carbocycles. The molecule has 2 aromatic heterocycles. The second-order valence-corrected chi connectivity index (χ2v) is 8.25. The minimum Gasteiger partial charge on any atom is -0.507 e. The predicted molar refractivity (Wildman–Crippen MR) is 125 cm³/mol. The molecule has 0 aliphatic carbocycles. The Bertz CT molecular complexity index is 1430. The number of fused-ring (bicyclic) bond motifs is 1. The highest BCUT2D eigenvalue weighted by atomic mass is 16.3. The number of aromatic nitrogens is 2. The quantitative estimate of drug-likeness (QED) is 0.265. The van der Waals surface area contributed by atoms with Crippen molar-refractivity contribution in [3.05, 3.63) is 88.4 Å². The fourth-order valence-corrected chi connectivity index (χ4v) is 4.20. The number of benzene rings is 2. The molecule has 0 spiro atoms. The van der Waals surface area contributed by atoms with Crippen LogP contribution < -0.4 is 4.90 Å². The van der Waals surface area contributed by atoms with Gasteiger partial charge in [-0.3, -0.25) is 14.5 Å². The Morgan fingerprint density at radius 3 is 2.52 bits per heavy atom. The van der Waals surface area contributed by atoms with Crippen molar-refractivity contribution < 1.29 is 19.1 Å². The van der Waals surface area contributed by atoms with Crippen LogP contribution >= 0.6 is 0 Å². The number of hydrogen-bond donors (Lipinski definition) is 2. The van der Waals surface area contributed by atoms with Crippen LogP contribution in [0.15, 0.2) is 64.6 Å². The first-order valence-corrected chi connectivity index (χ1v) is 10.8. The number of carbonyl (C=O) groups is 2. The number of ketones is 1. The molecule has 1 aliphatic rings. The van der Waals surface area contributed by atoms with Crippen molar-refractivity contribution in [2.24, 2.45) is 0 Å². The first kappa shape index (κ1) is 20.8. The number of aryl methyl sites for hydroxylation is 3. The van der Waals surface area contributed by atoms with Crippen molar-refractivity contribution in [2.45, 2.75) is 33.2 Å². The zero-order valence-corrected chi connectivity index (χ0v) is 18.5. The van der Waals surface area contributed by atoms with Crippen LogP contribution in [-0.2, 0) is 16.0 Å². The first-order chi connectivity index (χ1) is 15.9. The number of H-pyrrole nitrogens is 1. The average molecular weight is 441 g/mol. The number of aliphatic hydroxyl groups is 1. The number of nitrogens with one attached hydrogen (secondary N) is 1. The number of carbonyl (C=O) groups excluding carboxylic acids is 2. The van der Waals surface area contributed by atoms with Crippen molar-refractivity contribution in [2.75, 3.05) is 4.90 Å². The van der Waals surface area contributed by atoms with Crippen LogP contribution in [-0.4, -0.2) is 26.8 Å². The minimum atomic E-state index is -0.953. The Morgan fingerprint density at radius 2 is 1.85 bits per heavy atom. The van der Waals surface area contributed by atoms with Gasteiger partial charge in [-0.15, -0.1) is 0 Å². The monoisotopic (exact) mass is 441 g/mol. The molecular weight excluding hydrogens is 418 g/mol. The summed E-state index contributed by atoms with van der Waals surface area (Å²) in [4.78, 5) is 35.4. The average Bonchev–Trinajstić information content (AvgIpc) is 3.49. The fourth-order valence-electron chi connectivity index (χ4n) is 4.20. The maximum atomic E-state index is 13.2. The van der Waals surface area contributed by atoms with E-state index in [1.165, 1.54) is 4.90 Å². The number of furan rings is 1. The van der Waals surface area contributed by atoms with Gasteiger partial charge in [0.15, 0.2) is 0 Å². The highest BCUT2D eigenvalue weighted by Crippen LogP contribution is 2.42. The number of aromatic amines is 1. The highest BCUT2D eigenvalue weighted by Gasteiger charge is 2.49. The molecule has 7 nitrogen and oxygen atoms in total. The van der Waals surface area contributed by atoms with E-state index in [1.807, 2.05) is 44.2 Å². The minimum absolute atomic E-state index is 0.0322. The number of nitrogens with zero attached hydrogens (tertiary/aromatic N) is 2. The van der Waals surface area contributed by atoms with Crippen molar-refractivity contribution in [3.63, 3.8) is 0 Å². The Kier molecular flexibility index (Phi) is 4.89. The van der Waals surface area contributed by atoms with E-state index in [0.717, 1.165) is 23.1 Å². The zero-order chi connectivity index (χ0) is 23.3. The van der Waals surface area contributed by atoms with Gasteiger partial charge in [0.1, 0.15) is 23.3 Å². The molecule has 5 rings (SSSR count). The van der Waals surface area contributed by atoms with Gasteiger partial charge in [0.2, 0.25) is 5.95 Å². The third-order valence-corrected chi connectivity index (χ3v) is 5.96. The summed E-state index contributed by atoms with van der Waals surface area (Å²) in [5, 5.41) is 11.2. The third-order valence-electron chi connectivity index (χ3n) is 5.96. The lowest BCUT2D eigenvalue weighted by atomic mass is 9.98. The van der Waals surface area contributed by atoms with Gasteiger partial charge in [-0.2, -0.15) is 0 Å². The Hall–Kier alpha value is -4.13. The van der Waals surface area contributed by atoms with Crippen LogP contribution in [0.3, 0.4) is 0 Å². The van der Waals surface area contributed by atoms with Crippen LogP contribution in [0, 0.1) is 13.8 Å². The fraction of sp³-hybridized carbons (Fsp3) is 0.192. The van der Waals surface area contributed by atoms with Gasteiger partial charge >= 0.3 is 5.91 Å². The lowest BCUT2D eigenvalue weighted by Crippen LogP contribution is -2.30. The molecule has 1 unspecified atom stereocenters. The van der Waals surface area contributed by atoms with Crippen LogP contribution in [0.25, 0.3) is 16.8 Å². The van der Waals surface area contributed by atoms with Gasteiger partial charge in [-0.25, -0.2) is 4.98 Å². The van der Waals surface area contributed by atoms with Gasteiger partial charge in [0.05, 0.1) is 16.6 Å². The van der Waals surface area contributed by atoms with E-state index in [-0.39, 0.29) is 17.3 Å². The molecule has 1 saturated heterocycles. The number of Topliss-reactive ketones (excluding diaryl/α,β-unsaturated/α-hetero) is 1. The Balaban J connectivity index is 1.70. The van der Waals surface area contributed by atoms with Crippen LogP contribution in [0.1, 0.15) is 41.2 Å². The molecule has 166 valence electrons. The van der Waals surface area contributed by atoms with Crippen molar-refractivity contribution in [1.82, 2.24) is 9.97 Å². The van der Waals surface area contributed by atoms with Crippen molar-refractivity contribution in [1.29, 1.82) is 0 Å². The summed E-state index contributed by atoms with van der Waals surface area (Å²) in [6.07, 6.45) is 0.850. The third kappa shape index (κ3) is 3.42. The topological polar surface area (TPSA) is 99.4 Å². The normalized spacial score (nSPS) is 17.9. The molecule has 1 fully saturated rings. The predicted octanol–water partition coefficient (Wildman–Crippen LogP) is 4.96. The van der Waals surface area contributed by atoms with Crippen LogP contribution in [0.5, 0.6) is 0 Å². The number of hydrogen-bond acceptors (Lipinski definition) is 5. The summed E-state index contributed by atoms with van der Waals surface area (Å²) >= 11 is 0. The summed E-state index contributed by atoms with van der Waals surface area (Å²) in [6, 6.07) is 15.5. The molecule has 0 radical (unpaired) electrons. The lowest BCUT2D eigenvalue weighted by Gasteiger charge is -2.20. The second-order valence-electron chi connectivity index (χ2n) is 8.25. The summed E-state index contributed by atoms with van der Waals surface area (Å²) in [7, 11) is 0. The Labute approximate surface area is 190 Å².